The molecule has 0 atom stereocenters. The molecule has 0 saturated heterocycles. The van der Waals surface area contributed by atoms with Gasteiger partial charge in [-0.3, -0.25) is 28.8 Å². The smallest absolute Gasteiger partial charge is 0.222 e. The fraction of sp³-hybridized carbons (Fsp3) is 0.875. The van der Waals surface area contributed by atoms with E-state index in [4.69, 9.17) is 56.8 Å². The van der Waals surface area contributed by atoms with Crippen molar-refractivity contribution in [2.24, 2.45) is 0 Å². The maximum absolute atomic E-state index is 11.9. The van der Waals surface area contributed by atoms with Gasteiger partial charge in [-0.2, -0.15) is 0 Å². The Morgan fingerprint density at radius 2 is 0.384 bits per heavy atom. The van der Waals surface area contributed by atoms with Crippen LogP contribution in [-0.2, 0) is 85.6 Å². The molecule has 0 saturated carbocycles. The zero-order valence-electron chi connectivity index (χ0n) is 44.1. The van der Waals surface area contributed by atoms with Gasteiger partial charge in [-0.25, -0.2) is 0 Å². The summed E-state index contributed by atoms with van der Waals surface area (Å²) in [6, 6.07) is 0. The summed E-state index contributed by atoms with van der Waals surface area (Å²) in [5.41, 5.74) is 0. The summed E-state index contributed by atoms with van der Waals surface area (Å²) < 4.78 is 65.5. The van der Waals surface area contributed by atoms with Crippen LogP contribution in [0.1, 0.15) is 65.2 Å². The molecule has 0 bridgehead atoms. The van der Waals surface area contributed by atoms with Gasteiger partial charge in [-0.1, -0.05) is 13.8 Å². The van der Waals surface area contributed by atoms with Crippen LogP contribution in [-0.4, -0.2) is 246 Å². The first-order valence-electron chi connectivity index (χ1n) is 26.0. The van der Waals surface area contributed by atoms with Crippen LogP contribution in [0.25, 0.3) is 0 Å². The minimum atomic E-state index is -0.157. The molecule has 6 amide bonds. The van der Waals surface area contributed by atoms with Crippen molar-refractivity contribution < 1.29 is 85.6 Å². The molecule has 0 rings (SSSR count). The Balaban J connectivity index is 3.27. The second-order valence-corrected chi connectivity index (χ2v) is 15.7. The molecule has 0 unspecified atom stereocenters. The number of hydrogen-bond donors (Lipinski definition) is 7. The first-order chi connectivity index (χ1) is 35.8. The average molecular weight is 1060 g/mol. The molecule has 0 aromatic heterocycles. The van der Waals surface area contributed by atoms with E-state index in [2.05, 4.69) is 37.2 Å². The van der Waals surface area contributed by atoms with Crippen LogP contribution in [0.4, 0.5) is 0 Å². The van der Waals surface area contributed by atoms with Crippen molar-refractivity contribution >= 4 is 35.4 Å². The Morgan fingerprint density at radius 3 is 0.603 bits per heavy atom. The standard InChI is InChI=1S/C48H93N7O18/c1-3-11-50-43(56)5-19-62-27-15-52-45(58)7-21-64-29-17-54-47(60)9-23-66-31-35-70-39-41-72-37-33-68-25-13-49-14-26-69-34-38-73-42-40-71-36-32-67-24-10-48(61)55-18-30-65-22-8-46(59)53-16-28-63-20-6-44(57)51-12-4-2/h49H,3-42H2,1-2H3,(H,50,56)(H,51,57)(H,52,58)(H,53,59)(H,54,60)(H,55,61). The van der Waals surface area contributed by atoms with Crippen LogP contribution in [0.15, 0.2) is 0 Å². The van der Waals surface area contributed by atoms with Crippen LogP contribution in [0, 0.1) is 0 Å². The fourth-order valence-corrected chi connectivity index (χ4v) is 5.44. The molecule has 0 aliphatic rings. The molecule has 428 valence electrons. The molecule has 0 aromatic rings. The lowest BCUT2D eigenvalue weighted by atomic mass is 10.4. The molecule has 7 N–H and O–H groups in total. The predicted octanol–water partition coefficient (Wildman–Crippen LogP) is -1.37. The Bertz CT molecular complexity index is 1220. The van der Waals surface area contributed by atoms with E-state index in [9.17, 15) is 28.8 Å². The highest BCUT2D eigenvalue weighted by Gasteiger charge is 2.07. The van der Waals surface area contributed by atoms with E-state index in [1.54, 1.807) is 0 Å². The zero-order valence-corrected chi connectivity index (χ0v) is 44.1. The van der Waals surface area contributed by atoms with E-state index >= 15 is 0 Å². The SMILES string of the molecule is CCCNC(=O)CCOCCNC(=O)CCOCCNC(=O)CCOCCOCCOCCOCCNCCOCCOCCOCCOCCC(=O)NCCOCCC(=O)NCCOCCC(=O)NCCC. The lowest BCUT2D eigenvalue weighted by Gasteiger charge is -2.09. The number of ether oxygens (including phenoxy) is 12. The highest BCUT2D eigenvalue weighted by molar-refractivity contribution is 5.77. The number of carbonyl (C=O) groups is 6. The van der Waals surface area contributed by atoms with Crippen molar-refractivity contribution in [2.45, 2.75) is 65.2 Å². The van der Waals surface area contributed by atoms with E-state index in [-0.39, 0.29) is 87.6 Å². The highest BCUT2D eigenvalue weighted by atomic mass is 16.6. The molecule has 0 fully saturated rings. The Hall–Kier alpha value is -3.70. The third-order valence-corrected chi connectivity index (χ3v) is 9.34. The summed E-state index contributed by atoms with van der Waals surface area (Å²) in [4.78, 5) is 70.5. The predicted molar refractivity (Wildman–Crippen MR) is 269 cm³/mol. The van der Waals surface area contributed by atoms with Gasteiger partial charge in [0.2, 0.25) is 35.4 Å². The van der Waals surface area contributed by atoms with Crippen molar-refractivity contribution in [3.05, 3.63) is 0 Å². The summed E-state index contributed by atoms with van der Waals surface area (Å²) in [6.07, 6.45) is 3.21. The summed E-state index contributed by atoms with van der Waals surface area (Å²) in [5, 5.41) is 19.7. The van der Waals surface area contributed by atoms with E-state index in [1.807, 2.05) is 13.8 Å². The van der Waals surface area contributed by atoms with Gasteiger partial charge in [0.25, 0.3) is 0 Å². The monoisotopic (exact) mass is 1060 g/mol. The van der Waals surface area contributed by atoms with Crippen molar-refractivity contribution in [2.75, 3.05) is 211 Å². The second kappa shape index (κ2) is 57.6. The number of nitrogens with one attached hydrogen (secondary N) is 7. The Kier molecular flexibility index (Phi) is 54.7. The molecular formula is C48H93N7O18. The van der Waals surface area contributed by atoms with Gasteiger partial charge in [0, 0.05) is 90.9 Å². The highest BCUT2D eigenvalue weighted by Crippen LogP contribution is 1.91. The molecular weight excluding hydrogens is 963 g/mol. The Morgan fingerprint density at radius 1 is 0.219 bits per heavy atom. The van der Waals surface area contributed by atoms with Crippen molar-refractivity contribution in [1.29, 1.82) is 0 Å². The minimum Gasteiger partial charge on any atom is -0.379 e. The third kappa shape index (κ3) is 57.4. The van der Waals surface area contributed by atoms with Gasteiger partial charge < -0.3 is 94.1 Å². The Labute approximate surface area is 433 Å². The van der Waals surface area contributed by atoms with Crippen LogP contribution in [0.5, 0.6) is 0 Å². The number of rotatable bonds is 58. The molecule has 0 aromatic carbocycles. The molecule has 0 spiro atoms. The minimum absolute atomic E-state index is 0.0443. The average Bonchev–Trinajstić information content (AvgIpc) is 3.38. The van der Waals surface area contributed by atoms with E-state index < -0.39 is 0 Å². The van der Waals surface area contributed by atoms with Gasteiger partial charge in [0.15, 0.2) is 0 Å². The van der Waals surface area contributed by atoms with Crippen molar-refractivity contribution in [3.63, 3.8) is 0 Å². The summed E-state index contributed by atoms with van der Waals surface area (Å²) in [6.45, 7) is 17.2. The quantitative estimate of drug-likeness (QED) is 0.0346. The van der Waals surface area contributed by atoms with Crippen molar-refractivity contribution in [3.8, 4) is 0 Å². The van der Waals surface area contributed by atoms with Gasteiger partial charge >= 0.3 is 0 Å². The summed E-state index contributed by atoms with van der Waals surface area (Å²) in [7, 11) is 0. The van der Waals surface area contributed by atoms with E-state index in [0.717, 1.165) is 12.8 Å². The first-order valence-corrected chi connectivity index (χ1v) is 26.0. The first kappa shape index (κ1) is 69.3. The molecule has 0 heterocycles. The van der Waals surface area contributed by atoms with E-state index in [0.29, 0.717) is 197 Å². The molecule has 0 aliphatic heterocycles. The van der Waals surface area contributed by atoms with Crippen LogP contribution in [0.3, 0.4) is 0 Å². The van der Waals surface area contributed by atoms with Gasteiger partial charge in [0.1, 0.15) is 0 Å². The van der Waals surface area contributed by atoms with Gasteiger partial charge in [0.05, 0.1) is 159 Å². The lowest BCUT2D eigenvalue weighted by molar-refractivity contribution is -0.124. The molecule has 25 heteroatoms. The number of amides is 6. The maximum atomic E-state index is 11.9. The van der Waals surface area contributed by atoms with Gasteiger partial charge in [-0.05, 0) is 12.8 Å². The third-order valence-electron chi connectivity index (χ3n) is 9.34. The second-order valence-electron chi connectivity index (χ2n) is 15.7. The molecule has 0 aliphatic carbocycles. The molecule has 0 radical (unpaired) electrons. The lowest BCUT2D eigenvalue weighted by Crippen LogP contribution is -2.30. The van der Waals surface area contributed by atoms with E-state index in [1.165, 1.54) is 0 Å². The summed E-state index contributed by atoms with van der Waals surface area (Å²) >= 11 is 0. The number of hydrogen-bond acceptors (Lipinski definition) is 19. The molecule has 73 heavy (non-hydrogen) atoms. The molecule has 25 nitrogen and oxygen atoms in total. The normalized spacial score (nSPS) is 11.1. The fourth-order valence-electron chi connectivity index (χ4n) is 5.44. The van der Waals surface area contributed by atoms with Crippen molar-refractivity contribution in [1.82, 2.24) is 37.2 Å². The van der Waals surface area contributed by atoms with Crippen LogP contribution in [0.2, 0.25) is 0 Å². The van der Waals surface area contributed by atoms with Crippen LogP contribution >= 0.6 is 0 Å². The van der Waals surface area contributed by atoms with Crippen LogP contribution < -0.4 is 37.2 Å². The topological polar surface area (TPSA) is 297 Å². The largest absolute Gasteiger partial charge is 0.379 e. The zero-order chi connectivity index (χ0) is 53.2. The maximum Gasteiger partial charge on any atom is 0.222 e. The van der Waals surface area contributed by atoms with Gasteiger partial charge in [-0.15, -0.1) is 0 Å². The summed E-state index contributed by atoms with van der Waals surface area (Å²) in [5.74, 6) is -0.701. The number of carbonyl (C=O) groups excluding carboxylic acids is 6.